The van der Waals surface area contributed by atoms with Gasteiger partial charge in [-0.15, -0.1) is 11.3 Å². The first-order valence-electron chi connectivity index (χ1n) is 5.04. The van der Waals surface area contributed by atoms with Gasteiger partial charge in [0.05, 0.1) is 0 Å². The standard InChI is InChI=1S/C11H17NOS2/c1-9(8-10-4-3-7-15-10)12(2)11(13)5-6-14/h3-4,7,9,14H,5-6,8H2,1-2H3. The fourth-order valence-corrected chi connectivity index (χ4v) is 2.39. The molecule has 0 spiro atoms. The maximum atomic E-state index is 11.6. The van der Waals surface area contributed by atoms with E-state index in [1.54, 1.807) is 11.3 Å². The van der Waals surface area contributed by atoms with Crippen LogP contribution in [-0.4, -0.2) is 29.6 Å². The molecule has 0 saturated heterocycles. The summed E-state index contributed by atoms with van der Waals surface area (Å²) in [6, 6.07) is 4.41. The Morgan fingerprint density at radius 1 is 1.67 bits per heavy atom. The second kappa shape index (κ2) is 6.18. The van der Waals surface area contributed by atoms with E-state index in [1.165, 1.54) is 4.88 Å². The highest BCUT2D eigenvalue weighted by atomic mass is 32.1. The van der Waals surface area contributed by atoms with Gasteiger partial charge in [0.1, 0.15) is 0 Å². The Kier molecular flexibility index (Phi) is 5.19. The lowest BCUT2D eigenvalue weighted by atomic mass is 10.2. The van der Waals surface area contributed by atoms with Crippen molar-refractivity contribution in [3.8, 4) is 0 Å². The Bertz CT molecular complexity index is 298. The lowest BCUT2D eigenvalue weighted by molar-refractivity contribution is -0.131. The number of hydrogen-bond donors (Lipinski definition) is 1. The van der Waals surface area contributed by atoms with E-state index in [-0.39, 0.29) is 11.9 Å². The minimum Gasteiger partial charge on any atom is -0.343 e. The number of nitrogens with zero attached hydrogens (tertiary/aromatic N) is 1. The highest BCUT2D eigenvalue weighted by molar-refractivity contribution is 7.80. The van der Waals surface area contributed by atoms with Gasteiger partial charge in [0.25, 0.3) is 0 Å². The van der Waals surface area contributed by atoms with Gasteiger partial charge < -0.3 is 4.90 Å². The molecule has 2 nitrogen and oxygen atoms in total. The predicted octanol–water partition coefficient (Wildman–Crippen LogP) is 2.46. The average Bonchev–Trinajstić information content (AvgIpc) is 2.69. The Labute approximate surface area is 101 Å². The fourth-order valence-electron chi connectivity index (χ4n) is 1.37. The van der Waals surface area contributed by atoms with E-state index in [1.807, 2.05) is 18.0 Å². The number of hydrogen-bond acceptors (Lipinski definition) is 3. The molecule has 84 valence electrons. The molecule has 0 saturated carbocycles. The van der Waals surface area contributed by atoms with Gasteiger partial charge in [0.2, 0.25) is 5.91 Å². The second-order valence-electron chi connectivity index (χ2n) is 3.61. The first kappa shape index (κ1) is 12.6. The number of carbonyl (C=O) groups excluding carboxylic acids is 1. The molecular formula is C11H17NOS2. The van der Waals surface area contributed by atoms with Crippen molar-refractivity contribution < 1.29 is 4.79 Å². The Morgan fingerprint density at radius 3 is 2.93 bits per heavy atom. The van der Waals surface area contributed by atoms with Gasteiger partial charge in [-0.2, -0.15) is 12.6 Å². The molecule has 0 aliphatic rings. The van der Waals surface area contributed by atoms with Crippen LogP contribution in [-0.2, 0) is 11.2 Å². The first-order chi connectivity index (χ1) is 7.15. The first-order valence-corrected chi connectivity index (χ1v) is 6.55. The van der Waals surface area contributed by atoms with E-state index < -0.39 is 0 Å². The van der Waals surface area contributed by atoms with E-state index >= 15 is 0 Å². The molecule has 0 bridgehead atoms. The smallest absolute Gasteiger partial charge is 0.223 e. The number of thiophene rings is 1. The summed E-state index contributed by atoms with van der Waals surface area (Å²) in [5.74, 6) is 0.795. The van der Waals surface area contributed by atoms with Crippen LogP contribution in [0.1, 0.15) is 18.2 Å². The number of thiol groups is 1. The molecule has 0 aromatic carbocycles. The van der Waals surface area contributed by atoms with Crippen LogP contribution in [0, 0.1) is 0 Å². The van der Waals surface area contributed by atoms with Gasteiger partial charge in [-0.3, -0.25) is 4.79 Å². The topological polar surface area (TPSA) is 20.3 Å². The zero-order valence-corrected chi connectivity index (χ0v) is 10.9. The third kappa shape index (κ3) is 3.87. The minimum absolute atomic E-state index is 0.175. The zero-order valence-electron chi connectivity index (χ0n) is 9.14. The zero-order chi connectivity index (χ0) is 11.3. The van der Waals surface area contributed by atoms with Crippen molar-refractivity contribution in [1.29, 1.82) is 0 Å². The molecule has 0 fully saturated rings. The van der Waals surface area contributed by atoms with Crippen molar-refractivity contribution in [2.45, 2.75) is 25.8 Å². The van der Waals surface area contributed by atoms with E-state index in [0.29, 0.717) is 12.2 Å². The Balaban J connectivity index is 2.46. The van der Waals surface area contributed by atoms with E-state index in [2.05, 4.69) is 31.0 Å². The van der Waals surface area contributed by atoms with Gasteiger partial charge in [-0.05, 0) is 24.1 Å². The number of carbonyl (C=O) groups is 1. The lowest BCUT2D eigenvalue weighted by Crippen LogP contribution is -2.36. The highest BCUT2D eigenvalue weighted by Gasteiger charge is 2.15. The van der Waals surface area contributed by atoms with Gasteiger partial charge in [-0.25, -0.2) is 0 Å². The third-order valence-corrected chi connectivity index (χ3v) is 3.58. The van der Waals surface area contributed by atoms with Crippen molar-refractivity contribution in [1.82, 2.24) is 4.90 Å². The molecule has 1 atom stereocenters. The molecule has 1 amide bonds. The van der Waals surface area contributed by atoms with Crippen LogP contribution >= 0.6 is 24.0 Å². The van der Waals surface area contributed by atoms with Crippen LogP contribution in [0.3, 0.4) is 0 Å². The Hall–Kier alpha value is -0.480. The molecule has 15 heavy (non-hydrogen) atoms. The van der Waals surface area contributed by atoms with Crippen LogP contribution in [0.25, 0.3) is 0 Å². The normalized spacial score (nSPS) is 12.5. The summed E-state index contributed by atoms with van der Waals surface area (Å²) >= 11 is 5.81. The second-order valence-corrected chi connectivity index (χ2v) is 5.09. The number of amides is 1. The summed E-state index contributed by atoms with van der Waals surface area (Å²) in [5.41, 5.74) is 0. The lowest BCUT2D eigenvalue weighted by Gasteiger charge is -2.24. The largest absolute Gasteiger partial charge is 0.343 e. The van der Waals surface area contributed by atoms with E-state index in [0.717, 1.165) is 6.42 Å². The fraction of sp³-hybridized carbons (Fsp3) is 0.545. The summed E-state index contributed by atoms with van der Waals surface area (Å²) < 4.78 is 0. The number of rotatable bonds is 5. The summed E-state index contributed by atoms with van der Waals surface area (Å²) in [4.78, 5) is 14.7. The monoisotopic (exact) mass is 243 g/mol. The van der Waals surface area contributed by atoms with Gasteiger partial charge in [0, 0.05) is 30.8 Å². The van der Waals surface area contributed by atoms with Gasteiger partial charge >= 0.3 is 0 Å². The molecule has 0 aliphatic carbocycles. The van der Waals surface area contributed by atoms with E-state index in [9.17, 15) is 4.79 Å². The summed E-state index contributed by atoms with van der Waals surface area (Å²) in [7, 11) is 1.87. The highest BCUT2D eigenvalue weighted by Crippen LogP contribution is 2.13. The van der Waals surface area contributed by atoms with Gasteiger partial charge in [-0.1, -0.05) is 6.07 Å². The van der Waals surface area contributed by atoms with Crippen molar-refractivity contribution in [2.75, 3.05) is 12.8 Å². The van der Waals surface area contributed by atoms with Crippen LogP contribution < -0.4 is 0 Å². The summed E-state index contributed by atoms with van der Waals surface area (Å²) in [6.45, 7) is 2.08. The molecule has 1 rings (SSSR count). The van der Waals surface area contributed by atoms with Crippen molar-refractivity contribution in [3.05, 3.63) is 22.4 Å². The van der Waals surface area contributed by atoms with Crippen molar-refractivity contribution in [2.24, 2.45) is 0 Å². The Morgan fingerprint density at radius 2 is 2.40 bits per heavy atom. The quantitative estimate of drug-likeness (QED) is 0.788. The minimum atomic E-state index is 0.175. The number of likely N-dealkylation sites (N-methyl/N-ethyl adjacent to an activating group) is 1. The van der Waals surface area contributed by atoms with Crippen LogP contribution in [0.5, 0.6) is 0 Å². The predicted molar refractivity (Wildman–Crippen MR) is 68.7 cm³/mol. The van der Waals surface area contributed by atoms with Crippen LogP contribution in [0.2, 0.25) is 0 Å². The van der Waals surface area contributed by atoms with Crippen LogP contribution in [0.4, 0.5) is 0 Å². The SMILES string of the molecule is CC(Cc1cccs1)N(C)C(=O)CCS. The molecule has 0 N–H and O–H groups in total. The van der Waals surface area contributed by atoms with Crippen LogP contribution in [0.15, 0.2) is 17.5 Å². The molecule has 1 unspecified atom stereocenters. The molecule has 1 heterocycles. The maximum absolute atomic E-state index is 11.6. The molecule has 0 radical (unpaired) electrons. The van der Waals surface area contributed by atoms with Crippen molar-refractivity contribution in [3.63, 3.8) is 0 Å². The summed E-state index contributed by atoms with van der Waals surface area (Å²) in [6.07, 6.45) is 1.46. The van der Waals surface area contributed by atoms with Gasteiger partial charge in [0.15, 0.2) is 0 Å². The average molecular weight is 243 g/mol. The third-order valence-electron chi connectivity index (χ3n) is 2.46. The maximum Gasteiger partial charge on any atom is 0.223 e. The molecule has 4 heteroatoms. The molecular weight excluding hydrogens is 226 g/mol. The summed E-state index contributed by atoms with van der Waals surface area (Å²) in [5, 5.41) is 2.07. The molecule has 1 aromatic heterocycles. The van der Waals surface area contributed by atoms with Crippen molar-refractivity contribution >= 4 is 29.9 Å². The molecule has 1 aromatic rings. The van der Waals surface area contributed by atoms with E-state index in [4.69, 9.17) is 0 Å². The molecule has 0 aliphatic heterocycles.